The van der Waals surface area contributed by atoms with Gasteiger partial charge >= 0.3 is 0 Å². The highest BCUT2D eigenvalue weighted by Crippen LogP contribution is 2.26. The van der Waals surface area contributed by atoms with Crippen molar-refractivity contribution in [2.75, 3.05) is 11.9 Å². The molecule has 3 N–H and O–H groups in total. The number of aryl methyl sites for hydroxylation is 2. The van der Waals surface area contributed by atoms with Crippen LogP contribution in [0.3, 0.4) is 0 Å². The summed E-state index contributed by atoms with van der Waals surface area (Å²) in [7, 11) is 0. The van der Waals surface area contributed by atoms with Crippen molar-refractivity contribution < 1.29 is 9.18 Å². The highest BCUT2D eigenvalue weighted by atomic mass is 19.1. The number of carbonyl (C=O) groups excluding carboxylic acids is 1. The molecule has 0 bridgehead atoms. The normalized spacial score (nSPS) is 14.2. The summed E-state index contributed by atoms with van der Waals surface area (Å²) in [5.74, 6) is -0.525. The number of anilines is 2. The number of hydrogen-bond acceptors (Lipinski definition) is 7. The highest BCUT2D eigenvalue weighted by molar-refractivity contribution is 5.97. The van der Waals surface area contributed by atoms with Crippen molar-refractivity contribution >= 4 is 28.6 Å². The van der Waals surface area contributed by atoms with Crippen LogP contribution in [0.25, 0.3) is 11.0 Å². The molecular formula is C25H27FN8O. The van der Waals surface area contributed by atoms with Gasteiger partial charge in [0.05, 0.1) is 11.3 Å². The highest BCUT2D eigenvalue weighted by Gasteiger charge is 2.27. The van der Waals surface area contributed by atoms with Gasteiger partial charge in [0.2, 0.25) is 5.95 Å². The summed E-state index contributed by atoms with van der Waals surface area (Å²) in [6.45, 7) is 7.94. The lowest BCUT2D eigenvalue weighted by atomic mass is 10.1. The molecule has 10 heteroatoms. The molecule has 1 aliphatic rings. The smallest absolute Gasteiger partial charge is 0.254 e. The SMILES string of the molecule is CCC(CNC(=O)c1cc2n[nH]nc2cc1F)N1Cc2cnc(Nc3cc(C)cc(C)c3)nc2C1. The number of hydrogen-bond donors (Lipinski definition) is 3. The Labute approximate surface area is 202 Å². The Bertz CT molecular complexity index is 1380. The number of nitrogens with zero attached hydrogens (tertiary/aromatic N) is 5. The Hall–Kier alpha value is -3.92. The molecular weight excluding hydrogens is 447 g/mol. The van der Waals surface area contributed by atoms with Crippen LogP contribution in [0.4, 0.5) is 16.0 Å². The monoisotopic (exact) mass is 474 g/mol. The summed E-state index contributed by atoms with van der Waals surface area (Å²) >= 11 is 0. The molecule has 2 aromatic heterocycles. The predicted octanol–water partition coefficient (Wildman–Crippen LogP) is 3.77. The molecule has 2 aromatic carbocycles. The van der Waals surface area contributed by atoms with Crippen molar-refractivity contribution in [1.29, 1.82) is 0 Å². The van der Waals surface area contributed by atoms with Crippen molar-refractivity contribution in [3.63, 3.8) is 0 Å². The Morgan fingerprint density at radius 1 is 1.11 bits per heavy atom. The van der Waals surface area contributed by atoms with Crippen LogP contribution >= 0.6 is 0 Å². The van der Waals surface area contributed by atoms with Crippen LogP contribution < -0.4 is 10.6 Å². The van der Waals surface area contributed by atoms with Crippen LogP contribution in [0.15, 0.2) is 36.5 Å². The minimum atomic E-state index is -0.621. The molecule has 1 unspecified atom stereocenters. The first kappa shape index (κ1) is 22.9. The largest absolute Gasteiger partial charge is 0.350 e. The molecule has 1 atom stereocenters. The molecule has 0 saturated carbocycles. The molecule has 1 amide bonds. The number of benzene rings is 2. The second-order valence-electron chi connectivity index (χ2n) is 8.99. The molecule has 0 spiro atoms. The van der Waals surface area contributed by atoms with Crippen LogP contribution in [0.1, 0.15) is 46.1 Å². The first-order valence-corrected chi connectivity index (χ1v) is 11.6. The van der Waals surface area contributed by atoms with Crippen LogP contribution in [0, 0.1) is 19.7 Å². The van der Waals surface area contributed by atoms with Gasteiger partial charge in [0.25, 0.3) is 5.91 Å². The van der Waals surface area contributed by atoms with Crippen LogP contribution in [0.5, 0.6) is 0 Å². The van der Waals surface area contributed by atoms with E-state index in [-0.39, 0.29) is 11.6 Å². The summed E-state index contributed by atoms with van der Waals surface area (Å²) in [6.07, 6.45) is 2.68. The number of fused-ring (bicyclic) bond motifs is 2. The van der Waals surface area contributed by atoms with Gasteiger partial charge in [0.1, 0.15) is 16.9 Å². The summed E-state index contributed by atoms with van der Waals surface area (Å²) in [4.78, 5) is 24.2. The van der Waals surface area contributed by atoms with E-state index < -0.39 is 11.7 Å². The molecule has 0 aliphatic carbocycles. The number of amides is 1. The fourth-order valence-corrected chi connectivity index (χ4v) is 4.55. The number of aromatic nitrogens is 5. The number of halogens is 1. The Balaban J connectivity index is 1.23. The van der Waals surface area contributed by atoms with Crippen molar-refractivity contribution in [2.45, 2.75) is 46.3 Å². The van der Waals surface area contributed by atoms with E-state index in [1.165, 1.54) is 23.3 Å². The maximum Gasteiger partial charge on any atom is 0.254 e. The molecule has 4 aromatic rings. The third-order valence-electron chi connectivity index (χ3n) is 6.29. The zero-order valence-electron chi connectivity index (χ0n) is 19.9. The maximum absolute atomic E-state index is 14.4. The van der Waals surface area contributed by atoms with E-state index in [4.69, 9.17) is 4.98 Å². The van der Waals surface area contributed by atoms with E-state index >= 15 is 0 Å². The summed E-state index contributed by atoms with van der Waals surface area (Å²) in [5.41, 5.74) is 6.14. The fraction of sp³-hybridized carbons (Fsp3) is 0.320. The van der Waals surface area contributed by atoms with E-state index in [1.807, 2.05) is 6.20 Å². The second-order valence-corrected chi connectivity index (χ2v) is 8.99. The van der Waals surface area contributed by atoms with Crippen LogP contribution in [-0.2, 0) is 13.1 Å². The zero-order valence-corrected chi connectivity index (χ0v) is 19.9. The number of aromatic amines is 1. The molecule has 1 aliphatic heterocycles. The summed E-state index contributed by atoms with van der Waals surface area (Å²) in [6, 6.07) is 8.95. The summed E-state index contributed by atoms with van der Waals surface area (Å²) in [5, 5.41) is 16.4. The van der Waals surface area contributed by atoms with Crippen molar-refractivity contribution in [1.82, 2.24) is 35.6 Å². The number of carbonyl (C=O) groups is 1. The van der Waals surface area contributed by atoms with Crippen molar-refractivity contribution in [3.05, 3.63) is 70.3 Å². The zero-order chi connectivity index (χ0) is 24.5. The van der Waals surface area contributed by atoms with E-state index in [9.17, 15) is 9.18 Å². The molecule has 180 valence electrons. The first-order valence-electron chi connectivity index (χ1n) is 11.6. The number of H-pyrrole nitrogens is 1. The van der Waals surface area contributed by atoms with Gasteiger partial charge in [-0.25, -0.2) is 14.4 Å². The van der Waals surface area contributed by atoms with Crippen LogP contribution in [-0.4, -0.2) is 48.8 Å². The molecule has 0 radical (unpaired) electrons. The van der Waals surface area contributed by atoms with Gasteiger partial charge in [-0.05, 0) is 49.6 Å². The molecule has 0 saturated heterocycles. The Morgan fingerprint density at radius 2 is 1.86 bits per heavy atom. The number of nitrogens with one attached hydrogen (secondary N) is 3. The average Bonchev–Trinajstić information content (AvgIpc) is 3.44. The second kappa shape index (κ2) is 9.38. The van der Waals surface area contributed by atoms with Gasteiger partial charge in [-0.15, -0.1) is 0 Å². The predicted molar refractivity (Wildman–Crippen MR) is 131 cm³/mol. The van der Waals surface area contributed by atoms with Gasteiger partial charge in [-0.2, -0.15) is 15.4 Å². The number of rotatable bonds is 7. The first-order chi connectivity index (χ1) is 16.9. The molecule has 5 rings (SSSR count). The molecule has 3 heterocycles. The topological polar surface area (TPSA) is 112 Å². The minimum Gasteiger partial charge on any atom is -0.350 e. The Morgan fingerprint density at radius 3 is 2.60 bits per heavy atom. The van der Waals surface area contributed by atoms with Gasteiger partial charge < -0.3 is 10.6 Å². The lowest BCUT2D eigenvalue weighted by Gasteiger charge is -2.26. The van der Waals surface area contributed by atoms with Gasteiger partial charge in [-0.3, -0.25) is 9.69 Å². The summed E-state index contributed by atoms with van der Waals surface area (Å²) < 4.78 is 14.4. The fourth-order valence-electron chi connectivity index (χ4n) is 4.55. The average molecular weight is 475 g/mol. The molecule has 0 fully saturated rings. The lowest BCUT2D eigenvalue weighted by molar-refractivity contribution is 0.0926. The van der Waals surface area contributed by atoms with E-state index in [2.05, 4.69) is 74.9 Å². The standard InChI is InChI=1S/C25H27FN8O/c1-4-18(11-27-24(35)19-8-21-22(9-20(19)26)32-33-31-21)34-12-16-10-28-25(30-23(16)13-34)29-17-6-14(2)5-15(3)7-17/h5-10,18H,4,11-13H2,1-3H3,(H,27,35)(H,28,29,30)(H,31,32,33). The van der Waals surface area contributed by atoms with Gasteiger partial charge in [-0.1, -0.05) is 13.0 Å². The minimum absolute atomic E-state index is 0.0427. The van der Waals surface area contributed by atoms with Crippen molar-refractivity contribution in [3.8, 4) is 0 Å². The van der Waals surface area contributed by atoms with E-state index in [1.54, 1.807) is 0 Å². The lowest BCUT2D eigenvalue weighted by Crippen LogP contribution is -2.41. The molecule has 35 heavy (non-hydrogen) atoms. The van der Waals surface area contributed by atoms with Gasteiger partial charge in [0, 0.05) is 49.2 Å². The third kappa shape index (κ3) is 4.83. The third-order valence-corrected chi connectivity index (χ3v) is 6.29. The van der Waals surface area contributed by atoms with Crippen LogP contribution in [0.2, 0.25) is 0 Å². The van der Waals surface area contributed by atoms with Crippen molar-refractivity contribution in [2.24, 2.45) is 0 Å². The van der Waals surface area contributed by atoms with E-state index in [0.717, 1.165) is 23.4 Å². The van der Waals surface area contributed by atoms with E-state index in [0.29, 0.717) is 36.6 Å². The maximum atomic E-state index is 14.4. The Kier molecular flexibility index (Phi) is 6.12. The molecule has 9 nitrogen and oxygen atoms in total. The van der Waals surface area contributed by atoms with Gasteiger partial charge in [0.15, 0.2) is 0 Å². The quantitative estimate of drug-likeness (QED) is 0.374.